The molecule has 28 heavy (non-hydrogen) atoms. The predicted octanol–water partition coefficient (Wildman–Crippen LogP) is 6.23. The van der Waals surface area contributed by atoms with Gasteiger partial charge in [0, 0.05) is 17.9 Å². The molecular formula is C24H27N3S. The monoisotopic (exact) mass is 389 g/mol. The third kappa shape index (κ3) is 5.02. The Kier molecular flexibility index (Phi) is 6.53. The summed E-state index contributed by atoms with van der Waals surface area (Å²) < 4.78 is 2.13. The molecule has 3 nitrogen and oxygen atoms in total. The van der Waals surface area contributed by atoms with E-state index in [1.165, 1.54) is 11.1 Å². The van der Waals surface area contributed by atoms with Gasteiger partial charge in [-0.2, -0.15) is 0 Å². The average Bonchev–Trinajstić information content (AvgIpc) is 3.08. The van der Waals surface area contributed by atoms with Crippen molar-refractivity contribution in [1.82, 2.24) is 14.8 Å². The Bertz CT molecular complexity index is 932. The Morgan fingerprint density at radius 3 is 2.36 bits per heavy atom. The van der Waals surface area contributed by atoms with Gasteiger partial charge in [-0.15, -0.1) is 16.8 Å². The maximum absolute atomic E-state index is 4.45. The molecule has 0 N–H and O–H groups in total. The van der Waals surface area contributed by atoms with Crippen LogP contribution in [0.2, 0.25) is 0 Å². The van der Waals surface area contributed by atoms with E-state index >= 15 is 0 Å². The summed E-state index contributed by atoms with van der Waals surface area (Å²) in [5.41, 5.74) is 3.73. The van der Waals surface area contributed by atoms with Gasteiger partial charge in [0.1, 0.15) is 0 Å². The highest BCUT2D eigenvalue weighted by Gasteiger charge is 2.16. The fourth-order valence-corrected chi connectivity index (χ4v) is 3.65. The maximum atomic E-state index is 4.45. The van der Waals surface area contributed by atoms with E-state index in [0.717, 1.165) is 22.3 Å². The van der Waals surface area contributed by atoms with Crippen LogP contribution in [0.3, 0.4) is 0 Å². The number of rotatable bonds is 7. The Morgan fingerprint density at radius 1 is 1.00 bits per heavy atom. The van der Waals surface area contributed by atoms with Gasteiger partial charge in [-0.05, 0) is 16.5 Å². The molecule has 3 aromatic rings. The molecule has 0 fully saturated rings. The largest absolute Gasteiger partial charge is 0.298 e. The first-order chi connectivity index (χ1) is 13.5. The van der Waals surface area contributed by atoms with Crippen molar-refractivity contribution in [1.29, 1.82) is 0 Å². The second-order valence-electron chi connectivity index (χ2n) is 7.66. The summed E-state index contributed by atoms with van der Waals surface area (Å²) in [4.78, 5) is 0. The number of hydrogen-bond acceptors (Lipinski definition) is 3. The fraction of sp³-hybridized carbons (Fsp3) is 0.250. The van der Waals surface area contributed by atoms with Gasteiger partial charge in [0.05, 0.1) is 0 Å². The Morgan fingerprint density at radius 2 is 1.71 bits per heavy atom. The van der Waals surface area contributed by atoms with Crippen LogP contribution in [-0.4, -0.2) is 20.5 Å². The van der Waals surface area contributed by atoms with Gasteiger partial charge in [0.15, 0.2) is 11.0 Å². The quantitative estimate of drug-likeness (QED) is 0.354. The molecule has 144 valence electrons. The van der Waals surface area contributed by atoms with E-state index in [9.17, 15) is 0 Å². The van der Waals surface area contributed by atoms with Crippen LogP contribution in [0, 0.1) is 0 Å². The van der Waals surface area contributed by atoms with Gasteiger partial charge in [-0.1, -0.05) is 105 Å². The fourth-order valence-electron chi connectivity index (χ4n) is 2.89. The number of aromatic nitrogens is 3. The highest BCUT2D eigenvalue weighted by atomic mass is 32.2. The van der Waals surface area contributed by atoms with Crippen molar-refractivity contribution >= 4 is 17.8 Å². The highest BCUT2D eigenvalue weighted by molar-refractivity contribution is 7.99. The SMILES string of the molecule is C=CCn1c(SC/C=C/c2ccccc2)nnc1-c1ccc(C(C)(C)C)cc1. The molecule has 0 aliphatic rings. The molecule has 1 aromatic heterocycles. The van der Waals surface area contributed by atoms with Gasteiger partial charge in [-0.3, -0.25) is 4.57 Å². The molecule has 0 spiro atoms. The van der Waals surface area contributed by atoms with Gasteiger partial charge in [0.25, 0.3) is 0 Å². The van der Waals surface area contributed by atoms with E-state index < -0.39 is 0 Å². The van der Waals surface area contributed by atoms with Crippen molar-refractivity contribution in [2.75, 3.05) is 5.75 Å². The first-order valence-electron chi connectivity index (χ1n) is 9.48. The molecule has 0 unspecified atom stereocenters. The second-order valence-corrected chi connectivity index (χ2v) is 8.64. The summed E-state index contributed by atoms with van der Waals surface area (Å²) >= 11 is 1.68. The van der Waals surface area contributed by atoms with Crippen molar-refractivity contribution in [2.45, 2.75) is 37.9 Å². The number of nitrogens with zero attached hydrogens (tertiary/aromatic N) is 3. The molecule has 0 amide bonds. The minimum atomic E-state index is 0.138. The zero-order valence-electron chi connectivity index (χ0n) is 16.8. The standard InChI is InChI=1S/C24H27N3S/c1-5-17-27-22(20-13-15-21(16-14-20)24(2,3)4)25-26-23(27)28-18-9-12-19-10-7-6-8-11-19/h5-16H,1,17-18H2,2-4H3/b12-9+. The topological polar surface area (TPSA) is 30.7 Å². The van der Waals surface area contributed by atoms with Crippen molar-refractivity contribution in [2.24, 2.45) is 0 Å². The van der Waals surface area contributed by atoms with E-state index in [1.807, 2.05) is 24.3 Å². The van der Waals surface area contributed by atoms with Gasteiger partial charge < -0.3 is 0 Å². The lowest BCUT2D eigenvalue weighted by Gasteiger charge is -2.19. The van der Waals surface area contributed by atoms with E-state index in [2.05, 4.69) is 90.7 Å². The summed E-state index contributed by atoms with van der Waals surface area (Å²) in [5, 5.41) is 9.78. The average molecular weight is 390 g/mol. The van der Waals surface area contributed by atoms with Gasteiger partial charge in [0.2, 0.25) is 0 Å². The summed E-state index contributed by atoms with van der Waals surface area (Å²) in [7, 11) is 0. The maximum Gasteiger partial charge on any atom is 0.192 e. The summed E-state index contributed by atoms with van der Waals surface area (Å²) in [6.45, 7) is 11.2. The van der Waals surface area contributed by atoms with E-state index in [1.54, 1.807) is 11.8 Å². The zero-order valence-corrected chi connectivity index (χ0v) is 17.6. The zero-order chi connectivity index (χ0) is 20.0. The smallest absolute Gasteiger partial charge is 0.192 e. The van der Waals surface area contributed by atoms with Crippen LogP contribution in [0.5, 0.6) is 0 Å². The van der Waals surface area contributed by atoms with Gasteiger partial charge in [-0.25, -0.2) is 0 Å². The number of allylic oxidation sites excluding steroid dienone is 1. The molecule has 4 heteroatoms. The molecule has 3 rings (SSSR count). The third-order valence-electron chi connectivity index (χ3n) is 4.46. The summed E-state index contributed by atoms with van der Waals surface area (Å²) in [6, 6.07) is 18.9. The summed E-state index contributed by atoms with van der Waals surface area (Å²) in [6.07, 6.45) is 6.18. The summed E-state index contributed by atoms with van der Waals surface area (Å²) in [5.74, 6) is 1.72. The molecule has 2 aromatic carbocycles. The van der Waals surface area contributed by atoms with E-state index in [0.29, 0.717) is 6.54 Å². The van der Waals surface area contributed by atoms with Gasteiger partial charge >= 0.3 is 0 Å². The first kappa shape index (κ1) is 20.2. The van der Waals surface area contributed by atoms with Crippen LogP contribution in [0.25, 0.3) is 17.5 Å². The molecule has 0 bridgehead atoms. The van der Waals surface area contributed by atoms with Crippen LogP contribution >= 0.6 is 11.8 Å². The molecule has 0 aliphatic heterocycles. The Labute approximate surface area is 172 Å². The lowest BCUT2D eigenvalue weighted by Crippen LogP contribution is -2.10. The van der Waals surface area contributed by atoms with E-state index in [4.69, 9.17) is 0 Å². The minimum absolute atomic E-state index is 0.138. The number of hydrogen-bond donors (Lipinski definition) is 0. The van der Waals surface area contributed by atoms with Crippen LogP contribution in [0.1, 0.15) is 31.9 Å². The normalized spacial score (nSPS) is 11.8. The van der Waals surface area contributed by atoms with E-state index in [-0.39, 0.29) is 5.41 Å². The number of benzene rings is 2. The molecule has 0 radical (unpaired) electrons. The first-order valence-corrected chi connectivity index (χ1v) is 10.5. The van der Waals surface area contributed by atoms with Crippen LogP contribution in [-0.2, 0) is 12.0 Å². The van der Waals surface area contributed by atoms with Crippen LogP contribution in [0.15, 0.2) is 78.5 Å². The highest BCUT2D eigenvalue weighted by Crippen LogP contribution is 2.27. The van der Waals surface area contributed by atoms with Crippen molar-refractivity contribution in [3.05, 3.63) is 84.5 Å². The number of thioether (sulfide) groups is 1. The van der Waals surface area contributed by atoms with Crippen molar-refractivity contribution in [3.8, 4) is 11.4 Å². The Balaban J connectivity index is 1.76. The third-order valence-corrected chi connectivity index (χ3v) is 5.38. The van der Waals surface area contributed by atoms with Crippen molar-refractivity contribution < 1.29 is 0 Å². The lowest BCUT2D eigenvalue weighted by atomic mass is 9.87. The molecule has 0 atom stereocenters. The Hall–Kier alpha value is -2.59. The van der Waals surface area contributed by atoms with Crippen LogP contribution < -0.4 is 0 Å². The molecular weight excluding hydrogens is 362 g/mol. The van der Waals surface area contributed by atoms with Crippen molar-refractivity contribution in [3.63, 3.8) is 0 Å². The molecule has 0 saturated heterocycles. The van der Waals surface area contributed by atoms with Crippen LogP contribution in [0.4, 0.5) is 0 Å². The molecule has 0 aliphatic carbocycles. The predicted molar refractivity (Wildman–Crippen MR) is 121 cm³/mol. The minimum Gasteiger partial charge on any atom is -0.298 e. The molecule has 0 saturated carbocycles. The molecule has 1 heterocycles. The lowest BCUT2D eigenvalue weighted by molar-refractivity contribution is 0.590. The second kappa shape index (κ2) is 9.07.